The molecule has 0 radical (unpaired) electrons. The normalized spacial score (nSPS) is 13.3. The van der Waals surface area contributed by atoms with Crippen LogP contribution in [0.3, 0.4) is 0 Å². The quantitative estimate of drug-likeness (QED) is 0.452. The molecule has 1 heterocycles. The molecule has 0 N–H and O–H groups in total. The fourth-order valence-corrected chi connectivity index (χ4v) is 6.02. The molecule has 2 heteroatoms. The molecule has 0 saturated carbocycles. The molecule has 0 aliphatic heterocycles. The average Bonchev–Trinajstić information content (AvgIpc) is 2.60. The molecule has 2 rings (SSSR count). The Morgan fingerprint density at radius 2 is 1.42 bits per heavy atom. The van der Waals surface area contributed by atoms with Gasteiger partial charge in [0, 0.05) is 17.4 Å². The second-order valence-electron chi connectivity index (χ2n) is 8.35. The zero-order valence-corrected chi connectivity index (χ0v) is 18.6. The molecule has 1 aromatic heterocycles. The SMILES string of the molecule is [2H]c1cc(CP(C(C)C)C(C)C)nc(-c2c(C(C)C)cccc2C(C)C)c1[2H]. The van der Waals surface area contributed by atoms with Crippen LogP contribution in [0.5, 0.6) is 0 Å². The smallest absolute Gasteiger partial charge is 0.0711 e. The fraction of sp³-hybridized carbons (Fsp3) is 0.542. The monoisotopic (exact) mass is 371 g/mol. The Labute approximate surface area is 165 Å². The number of hydrogen-bond donors (Lipinski definition) is 0. The molecule has 0 atom stereocenters. The standard InChI is InChI=1S/C24H36NP/c1-16(2)21-12-10-13-22(17(3)4)24(21)23-14-9-11-20(25-23)15-26(18(5)6)19(7)8/h9-14,16-19H,15H2,1-8H3/i9D,14D. The molecule has 142 valence electrons. The van der Waals surface area contributed by atoms with Crippen LogP contribution < -0.4 is 0 Å². The Kier molecular flexibility index (Phi) is 6.39. The van der Waals surface area contributed by atoms with Gasteiger partial charge < -0.3 is 0 Å². The van der Waals surface area contributed by atoms with Crippen LogP contribution in [-0.2, 0) is 6.16 Å². The maximum Gasteiger partial charge on any atom is 0.0711 e. The third kappa shape index (κ3) is 4.95. The lowest BCUT2D eigenvalue weighted by molar-refractivity contribution is 0.836. The fourth-order valence-electron chi connectivity index (χ4n) is 3.56. The van der Waals surface area contributed by atoms with Gasteiger partial charge in [-0.05, 0) is 46.4 Å². The Morgan fingerprint density at radius 1 is 0.885 bits per heavy atom. The maximum atomic E-state index is 8.61. The molecule has 26 heavy (non-hydrogen) atoms. The Morgan fingerprint density at radius 3 is 1.88 bits per heavy atom. The molecular weight excluding hydrogens is 333 g/mol. The Bertz CT molecular complexity index is 778. The van der Waals surface area contributed by atoms with Crippen molar-refractivity contribution < 1.29 is 2.74 Å². The predicted molar refractivity (Wildman–Crippen MR) is 119 cm³/mol. The van der Waals surface area contributed by atoms with E-state index in [0.29, 0.717) is 28.8 Å². The van der Waals surface area contributed by atoms with Gasteiger partial charge in [-0.3, -0.25) is 4.98 Å². The van der Waals surface area contributed by atoms with Gasteiger partial charge in [0.2, 0.25) is 0 Å². The minimum absolute atomic E-state index is 0.206. The highest BCUT2D eigenvalue weighted by Crippen LogP contribution is 2.48. The molecule has 1 aromatic carbocycles. The van der Waals surface area contributed by atoms with E-state index in [-0.39, 0.29) is 20.0 Å². The molecule has 0 bridgehead atoms. The highest BCUT2D eigenvalue weighted by Gasteiger charge is 2.20. The van der Waals surface area contributed by atoms with Crippen LogP contribution in [0.2, 0.25) is 0 Å². The average molecular weight is 372 g/mol. The van der Waals surface area contributed by atoms with Crippen molar-refractivity contribution in [2.24, 2.45) is 0 Å². The van der Waals surface area contributed by atoms with Crippen LogP contribution in [0.4, 0.5) is 0 Å². The first kappa shape index (κ1) is 18.2. The Balaban J connectivity index is 2.69. The van der Waals surface area contributed by atoms with Crippen molar-refractivity contribution in [2.45, 2.75) is 84.7 Å². The van der Waals surface area contributed by atoms with Gasteiger partial charge in [-0.2, -0.15) is 0 Å². The topological polar surface area (TPSA) is 12.9 Å². The summed E-state index contributed by atoms with van der Waals surface area (Å²) in [5.41, 5.74) is 6.43. The number of hydrogen-bond acceptors (Lipinski definition) is 1. The van der Waals surface area contributed by atoms with Crippen LogP contribution >= 0.6 is 7.92 Å². The van der Waals surface area contributed by atoms with E-state index in [9.17, 15) is 0 Å². The third-order valence-corrected chi connectivity index (χ3v) is 8.31. The van der Waals surface area contributed by atoms with E-state index >= 15 is 0 Å². The summed E-state index contributed by atoms with van der Waals surface area (Å²) in [4.78, 5) is 5.00. The highest BCUT2D eigenvalue weighted by molar-refractivity contribution is 7.58. The molecule has 0 unspecified atom stereocenters. The van der Waals surface area contributed by atoms with Crippen LogP contribution in [0.25, 0.3) is 11.3 Å². The number of benzene rings is 1. The van der Waals surface area contributed by atoms with Crippen molar-refractivity contribution in [3.8, 4) is 11.3 Å². The van der Waals surface area contributed by atoms with Gasteiger partial charge in [0.25, 0.3) is 0 Å². The second kappa shape index (κ2) is 9.14. The lowest BCUT2D eigenvalue weighted by atomic mass is 9.87. The lowest BCUT2D eigenvalue weighted by Crippen LogP contribution is -2.07. The van der Waals surface area contributed by atoms with Gasteiger partial charge in [0.15, 0.2) is 0 Å². The molecular formula is C24H36NP. The molecule has 2 aromatic rings. The van der Waals surface area contributed by atoms with E-state index in [4.69, 9.17) is 7.73 Å². The van der Waals surface area contributed by atoms with E-state index in [2.05, 4.69) is 73.6 Å². The number of pyridine rings is 1. The first-order valence-electron chi connectivity index (χ1n) is 10.9. The van der Waals surface area contributed by atoms with Gasteiger partial charge in [0.1, 0.15) is 0 Å². The van der Waals surface area contributed by atoms with Gasteiger partial charge in [-0.25, -0.2) is 0 Å². The molecule has 0 saturated heterocycles. The molecule has 0 fully saturated rings. The second-order valence-corrected chi connectivity index (χ2v) is 11.8. The first-order chi connectivity index (χ1) is 13.0. The van der Waals surface area contributed by atoms with Gasteiger partial charge in [-0.1, -0.05) is 87.6 Å². The van der Waals surface area contributed by atoms with Gasteiger partial charge in [-0.15, -0.1) is 0 Å². The number of rotatable bonds is 7. The molecule has 1 nitrogen and oxygen atoms in total. The highest BCUT2D eigenvalue weighted by atomic mass is 31.1. The zero-order valence-electron chi connectivity index (χ0n) is 19.7. The molecule has 0 aliphatic rings. The summed E-state index contributed by atoms with van der Waals surface area (Å²) >= 11 is 0. The minimum Gasteiger partial charge on any atom is -0.252 e. The van der Waals surface area contributed by atoms with E-state index in [1.807, 2.05) is 6.07 Å². The summed E-state index contributed by atoms with van der Waals surface area (Å²) in [6, 6.07) is 8.77. The largest absolute Gasteiger partial charge is 0.252 e. The van der Waals surface area contributed by atoms with Crippen molar-refractivity contribution in [3.05, 3.63) is 53.2 Å². The third-order valence-electron chi connectivity index (χ3n) is 4.97. The summed E-state index contributed by atoms with van der Waals surface area (Å²) in [6.07, 6.45) is 0.921. The van der Waals surface area contributed by atoms with Crippen molar-refractivity contribution in [2.75, 3.05) is 0 Å². The molecule has 0 aliphatic carbocycles. The minimum atomic E-state index is -0.206. The lowest BCUT2D eigenvalue weighted by Gasteiger charge is -2.26. The Hall–Kier alpha value is -1.20. The number of nitrogens with zero attached hydrogens (tertiary/aromatic N) is 1. The summed E-state index contributed by atoms with van der Waals surface area (Å²) in [5.74, 6) is 0.687. The molecule has 0 amide bonds. The van der Waals surface area contributed by atoms with E-state index in [1.54, 1.807) is 0 Å². The summed E-state index contributed by atoms with van der Waals surface area (Å²) < 4.78 is 17.1. The van der Waals surface area contributed by atoms with E-state index < -0.39 is 0 Å². The molecule has 0 spiro atoms. The van der Waals surface area contributed by atoms with E-state index in [0.717, 1.165) is 17.4 Å². The van der Waals surface area contributed by atoms with Gasteiger partial charge >= 0.3 is 0 Å². The van der Waals surface area contributed by atoms with Crippen molar-refractivity contribution in [1.29, 1.82) is 0 Å². The van der Waals surface area contributed by atoms with Crippen molar-refractivity contribution in [1.82, 2.24) is 4.98 Å². The van der Waals surface area contributed by atoms with Crippen LogP contribution in [0.15, 0.2) is 36.4 Å². The summed E-state index contributed by atoms with van der Waals surface area (Å²) in [7, 11) is -0.206. The number of aromatic nitrogens is 1. The summed E-state index contributed by atoms with van der Waals surface area (Å²) in [6.45, 7) is 17.9. The van der Waals surface area contributed by atoms with Crippen LogP contribution in [0, 0.1) is 0 Å². The predicted octanol–water partition coefficient (Wildman–Crippen LogP) is 7.79. The van der Waals surface area contributed by atoms with Crippen LogP contribution in [0.1, 0.15) is 86.8 Å². The maximum absolute atomic E-state index is 8.61. The summed E-state index contributed by atoms with van der Waals surface area (Å²) in [5, 5.41) is 0. The van der Waals surface area contributed by atoms with Crippen LogP contribution in [-0.4, -0.2) is 16.3 Å². The van der Waals surface area contributed by atoms with Crippen molar-refractivity contribution in [3.63, 3.8) is 0 Å². The zero-order chi connectivity index (χ0) is 21.2. The van der Waals surface area contributed by atoms with Crippen molar-refractivity contribution >= 4 is 7.92 Å². The van der Waals surface area contributed by atoms with Gasteiger partial charge in [0.05, 0.1) is 8.44 Å². The first-order valence-corrected chi connectivity index (χ1v) is 11.6. The van der Waals surface area contributed by atoms with E-state index in [1.165, 1.54) is 11.1 Å².